The summed E-state index contributed by atoms with van der Waals surface area (Å²) in [6.45, 7) is 3.07. The molecule has 0 radical (unpaired) electrons. The number of aliphatic hydroxyl groups is 1. The Morgan fingerprint density at radius 2 is 1.78 bits per heavy atom. The maximum Gasteiger partial charge on any atom is 0.183 e. The number of fused-ring (bicyclic) bond motifs is 1. The van der Waals surface area contributed by atoms with Gasteiger partial charge in [0, 0.05) is 17.5 Å². The van der Waals surface area contributed by atoms with E-state index in [1.54, 1.807) is 20.3 Å². The van der Waals surface area contributed by atoms with Crippen molar-refractivity contribution >= 4 is 0 Å². The molecule has 1 aromatic rings. The highest BCUT2D eigenvalue weighted by Crippen LogP contribution is 2.48. The summed E-state index contributed by atoms with van der Waals surface area (Å²) in [5, 5.41) is 10.7. The molecule has 1 heterocycles. The van der Waals surface area contributed by atoms with E-state index in [-0.39, 0.29) is 0 Å². The summed E-state index contributed by atoms with van der Waals surface area (Å²) < 4.78 is 22.6. The van der Waals surface area contributed by atoms with E-state index in [0.717, 1.165) is 17.5 Å². The van der Waals surface area contributed by atoms with E-state index in [2.05, 4.69) is 0 Å². The third kappa shape index (κ3) is 2.59. The van der Waals surface area contributed by atoms with E-state index in [4.69, 9.17) is 24.7 Å². The van der Waals surface area contributed by atoms with Gasteiger partial charge in [-0.2, -0.15) is 0 Å². The zero-order valence-electron chi connectivity index (χ0n) is 13.9. The van der Waals surface area contributed by atoms with Crippen molar-refractivity contribution < 1.29 is 24.1 Å². The zero-order chi connectivity index (χ0) is 16.7. The average molecular weight is 323 g/mol. The second-order valence-electron chi connectivity index (χ2n) is 6.41. The van der Waals surface area contributed by atoms with Gasteiger partial charge in [-0.1, -0.05) is 0 Å². The van der Waals surface area contributed by atoms with Crippen LogP contribution in [-0.2, 0) is 15.9 Å². The van der Waals surface area contributed by atoms with E-state index in [9.17, 15) is 5.11 Å². The first-order valence-corrected chi connectivity index (χ1v) is 7.93. The molecule has 2 aliphatic rings. The van der Waals surface area contributed by atoms with Crippen molar-refractivity contribution in [2.45, 2.75) is 43.6 Å². The number of methoxy groups -OCH3 is 2. The van der Waals surface area contributed by atoms with Crippen LogP contribution in [0.25, 0.3) is 0 Å². The summed E-state index contributed by atoms with van der Waals surface area (Å²) >= 11 is 0. The smallest absolute Gasteiger partial charge is 0.183 e. The number of rotatable bonds is 3. The average Bonchev–Trinajstić information content (AvgIpc) is 2.54. The summed E-state index contributed by atoms with van der Waals surface area (Å²) in [6, 6.07) is 3.64. The Kier molecular flexibility index (Phi) is 4.27. The summed E-state index contributed by atoms with van der Waals surface area (Å²) in [6.07, 6.45) is 0.901. The second-order valence-corrected chi connectivity index (χ2v) is 6.41. The minimum atomic E-state index is -0.933. The molecule has 23 heavy (non-hydrogen) atoms. The number of hydrogen-bond donors (Lipinski definition) is 2. The van der Waals surface area contributed by atoms with Crippen LogP contribution in [0.1, 0.15) is 37.0 Å². The highest BCUT2D eigenvalue weighted by atomic mass is 16.7. The van der Waals surface area contributed by atoms with Crippen molar-refractivity contribution in [2.75, 3.05) is 27.4 Å². The summed E-state index contributed by atoms with van der Waals surface area (Å²) in [7, 11) is 3.20. The third-order valence-corrected chi connectivity index (χ3v) is 5.05. The van der Waals surface area contributed by atoms with Gasteiger partial charge < -0.3 is 29.8 Å². The lowest BCUT2D eigenvalue weighted by molar-refractivity contribution is -0.294. The van der Waals surface area contributed by atoms with Crippen LogP contribution >= 0.6 is 0 Å². The molecule has 0 spiro atoms. The minimum absolute atomic E-state index is 0.333. The van der Waals surface area contributed by atoms with Gasteiger partial charge in [0.15, 0.2) is 5.79 Å². The van der Waals surface area contributed by atoms with E-state index in [1.807, 2.05) is 13.0 Å². The molecule has 1 aromatic carbocycles. The SMILES string of the molecule is COc1ccc(OC)c2c1CC(N)(C1(C)OCCCO1)CC2O. The number of hydrogen-bond acceptors (Lipinski definition) is 6. The van der Waals surface area contributed by atoms with Gasteiger partial charge in [-0.05, 0) is 31.9 Å². The monoisotopic (exact) mass is 323 g/mol. The van der Waals surface area contributed by atoms with E-state index in [1.165, 1.54) is 0 Å². The molecular formula is C17H25NO5. The second kappa shape index (κ2) is 5.94. The van der Waals surface area contributed by atoms with Crippen molar-refractivity contribution in [2.24, 2.45) is 5.73 Å². The Morgan fingerprint density at radius 1 is 1.17 bits per heavy atom. The Bertz CT molecular complexity index is 585. The molecule has 1 aliphatic carbocycles. The summed E-state index contributed by atoms with van der Waals surface area (Å²) in [4.78, 5) is 0. The number of ether oxygens (including phenoxy) is 4. The molecule has 3 N–H and O–H groups in total. The molecule has 0 aromatic heterocycles. The van der Waals surface area contributed by atoms with Gasteiger partial charge in [0.1, 0.15) is 11.5 Å². The molecule has 2 atom stereocenters. The molecule has 0 bridgehead atoms. The van der Waals surface area contributed by atoms with Crippen molar-refractivity contribution in [1.29, 1.82) is 0 Å². The molecule has 1 fully saturated rings. The van der Waals surface area contributed by atoms with Crippen LogP contribution in [-0.4, -0.2) is 43.9 Å². The number of aliphatic hydroxyl groups excluding tert-OH is 1. The molecular weight excluding hydrogens is 298 g/mol. The number of nitrogens with two attached hydrogens (primary N) is 1. The van der Waals surface area contributed by atoms with E-state index >= 15 is 0 Å². The molecule has 1 aliphatic heterocycles. The van der Waals surface area contributed by atoms with Crippen molar-refractivity contribution in [3.8, 4) is 11.5 Å². The van der Waals surface area contributed by atoms with Crippen molar-refractivity contribution in [3.63, 3.8) is 0 Å². The fraction of sp³-hybridized carbons (Fsp3) is 0.647. The Hall–Kier alpha value is -1.34. The first kappa shape index (κ1) is 16.5. The van der Waals surface area contributed by atoms with Gasteiger partial charge in [0.2, 0.25) is 0 Å². The molecule has 6 heteroatoms. The molecule has 0 saturated carbocycles. The molecule has 3 rings (SSSR count). The normalized spacial score (nSPS) is 29.7. The summed E-state index contributed by atoms with van der Waals surface area (Å²) in [5.41, 5.74) is 7.43. The van der Waals surface area contributed by atoms with Gasteiger partial charge in [-0.25, -0.2) is 0 Å². The number of benzene rings is 1. The van der Waals surface area contributed by atoms with Gasteiger partial charge in [-0.15, -0.1) is 0 Å². The first-order chi connectivity index (χ1) is 10.9. The zero-order valence-corrected chi connectivity index (χ0v) is 13.9. The fourth-order valence-corrected chi connectivity index (χ4v) is 3.64. The lowest BCUT2D eigenvalue weighted by Crippen LogP contribution is -2.66. The van der Waals surface area contributed by atoms with Crippen LogP contribution in [0.15, 0.2) is 12.1 Å². The van der Waals surface area contributed by atoms with Gasteiger partial charge in [-0.3, -0.25) is 0 Å². The highest BCUT2D eigenvalue weighted by molar-refractivity contribution is 5.52. The van der Waals surface area contributed by atoms with Gasteiger partial charge in [0.25, 0.3) is 0 Å². The van der Waals surface area contributed by atoms with Gasteiger partial charge >= 0.3 is 0 Å². The molecule has 1 saturated heterocycles. The maximum atomic E-state index is 10.7. The Balaban J connectivity index is 2.05. The Morgan fingerprint density at radius 3 is 2.39 bits per heavy atom. The molecule has 0 amide bonds. The van der Waals surface area contributed by atoms with Crippen LogP contribution in [0.2, 0.25) is 0 Å². The van der Waals surface area contributed by atoms with Crippen molar-refractivity contribution in [3.05, 3.63) is 23.3 Å². The fourth-order valence-electron chi connectivity index (χ4n) is 3.64. The van der Waals surface area contributed by atoms with Crippen LogP contribution in [0.5, 0.6) is 11.5 Å². The van der Waals surface area contributed by atoms with Crippen LogP contribution in [0.4, 0.5) is 0 Å². The van der Waals surface area contributed by atoms with Gasteiger partial charge in [0.05, 0.1) is 39.1 Å². The van der Waals surface area contributed by atoms with Crippen molar-refractivity contribution in [1.82, 2.24) is 0 Å². The lowest BCUT2D eigenvalue weighted by atomic mass is 9.71. The van der Waals surface area contributed by atoms with Crippen LogP contribution in [0.3, 0.4) is 0 Å². The minimum Gasteiger partial charge on any atom is -0.496 e. The predicted octanol–water partition coefficient (Wildman–Crippen LogP) is 1.53. The van der Waals surface area contributed by atoms with E-state index < -0.39 is 17.4 Å². The van der Waals surface area contributed by atoms with Crippen LogP contribution < -0.4 is 15.2 Å². The molecule has 2 unspecified atom stereocenters. The largest absolute Gasteiger partial charge is 0.496 e. The third-order valence-electron chi connectivity index (χ3n) is 5.05. The first-order valence-electron chi connectivity index (χ1n) is 7.93. The molecule has 128 valence electrons. The quantitative estimate of drug-likeness (QED) is 0.878. The van der Waals surface area contributed by atoms with Crippen LogP contribution in [0, 0.1) is 0 Å². The predicted molar refractivity (Wildman–Crippen MR) is 84.7 cm³/mol. The lowest BCUT2D eigenvalue weighted by Gasteiger charge is -2.50. The highest BCUT2D eigenvalue weighted by Gasteiger charge is 2.53. The summed E-state index contributed by atoms with van der Waals surface area (Å²) in [5.74, 6) is 0.401. The maximum absolute atomic E-state index is 10.7. The van der Waals surface area contributed by atoms with E-state index in [0.29, 0.717) is 37.6 Å². The Labute approximate surface area is 136 Å². The topological polar surface area (TPSA) is 83.2 Å². The molecule has 6 nitrogen and oxygen atoms in total. The standard InChI is InChI=1S/C17H25NO5/c1-16(22-7-4-8-23-16)17(18)9-11-13(20-2)5-6-14(21-3)15(11)12(19)10-17/h5-6,12,19H,4,7-10,18H2,1-3H3.